The van der Waals surface area contributed by atoms with Crippen molar-refractivity contribution in [3.05, 3.63) is 33.8 Å². The van der Waals surface area contributed by atoms with Crippen LogP contribution in [0.5, 0.6) is 0 Å². The van der Waals surface area contributed by atoms with Crippen LogP contribution in [-0.2, 0) is 10.2 Å². The molecule has 1 aromatic rings. The van der Waals surface area contributed by atoms with Crippen LogP contribution in [0.3, 0.4) is 0 Å². The second-order valence-corrected chi connectivity index (χ2v) is 6.71. The van der Waals surface area contributed by atoms with Gasteiger partial charge in [0, 0.05) is 41.8 Å². The first-order chi connectivity index (χ1) is 11.0. The number of nitrogens with two attached hydrogens (primary N) is 1. The minimum absolute atomic E-state index is 0.141. The molecule has 0 atom stereocenters. The van der Waals surface area contributed by atoms with Crippen molar-refractivity contribution in [3.8, 4) is 0 Å². The van der Waals surface area contributed by atoms with Gasteiger partial charge in [0.05, 0.1) is 6.54 Å². The van der Waals surface area contributed by atoms with Crippen molar-refractivity contribution in [1.82, 2.24) is 4.90 Å². The Kier molecular flexibility index (Phi) is 6.57. The van der Waals surface area contributed by atoms with Crippen molar-refractivity contribution < 1.29 is 4.74 Å². The third-order valence-electron chi connectivity index (χ3n) is 4.58. The zero-order chi connectivity index (χ0) is 16.9. The van der Waals surface area contributed by atoms with Crippen LogP contribution in [0.2, 0.25) is 10.0 Å². The van der Waals surface area contributed by atoms with E-state index in [1.54, 1.807) is 6.07 Å². The van der Waals surface area contributed by atoms with Crippen molar-refractivity contribution in [2.75, 3.05) is 32.8 Å². The molecule has 0 spiro atoms. The molecule has 0 saturated carbocycles. The molecule has 0 radical (unpaired) electrons. The molecule has 4 nitrogen and oxygen atoms in total. The summed E-state index contributed by atoms with van der Waals surface area (Å²) in [5.74, 6) is 0.589. The highest BCUT2D eigenvalue weighted by Crippen LogP contribution is 2.39. The summed E-state index contributed by atoms with van der Waals surface area (Å²) in [6.07, 6.45) is 1.76. The van der Waals surface area contributed by atoms with Gasteiger partial charge in [-0.3, -0.25) is 4.99 Å². The first-order valence-corrected chi connectivity index (χ1v) is 8.86. The molecule has 0 bridgehead atoms. The fourth-order valence-corrected chi connectivity index (χ4v) is 3.68. The summed E-state index contributed by atoms with van der Waals surface area (Å²) < 4.78 is 5.55. The fraction of sp³-hybridized carbons (Fsp3) is 0.588. The van der Waals surface area contributed by atoms with Crippen molar-refractivity contribution >= 4 is 29.2 Å². The Morgan fingerprint density at radius 1 is 1.26 bits per heavy atom. The van der Waals surface area contributed by atoms with E-state index >= 15 is 0 Å². The Morgan fingerprint density at radius 2 is 1.91 bits per heavy atom. The molecule has 1 heterocycles. The molecule has 0 unspecified atom stereocenters. The molecule has 6 heteroatoms. The number of benzene rings is 1. The highest BCUT2D eigenvalue weighted by Gasteiger charge is 2.36. The predicted octanol–water partition coefficient (Wildman–Crippen LogP) is 3.70. The van der Waals surface area contributed by atoms with Gasteiger partial charge < -0.3 is 15.4 Å². The normalized spacial score (nSPS) is 18.0. The monoisotopic (exact) mass is 357 g/mol. The van der Waals surface area contributed by atoms with Crippen LogP contribution >= 0.6 is 23.2 Å². The molecule has 2 N–H and O–H groups in total. The number of rotatable bonds is 5. The molecule has 0 aliphatic carbocycles. The topological polar surface area (TPSA) is 50.8 Å². The molecule has 2 rings (SSSR count). The first kappa shape index (κ1) is 18.4. The molecular weight excluding hydrogens is 333 g/mol. The number of aliphatic imine (C=N–C) groups is 1. The van der Waals surface area contributed by atoms with Crippen LogP contribution < -0.4 is 5.73 Å². The number of hydrogen-bond acceptors (Lipinski definition) is 2. The van der Waals surface area contributed by atoms with Gasteiger partial charge in [-0.2, -0.15) is 0 Å². The minimum atomic E-state index is -0.141. The SMILES string of the molecule is CCN(CC)C(N)=NCC1(c2ccc(Cl)cc2Cl)CCOCC1. The van der Waals surface area contributed by atoms with Crippen molar-refractivity contribution in [1.29, 1.82) is 0 Å². The summed E-state index contributed by atoms with van der Waals surface area (Å²) in [5, 5.41) is 1.34. The lowest BCUT2D eigenvalue weighted by Gasteiger charge is -2.37. The predicted molar refractivity (Wildman–Crippen MR) is 97.6 cm³/mol. The zero-order valence-electron chi connectivity index (χ0n) is 13.8. The maximum absolute atomic E-state index is 6.47. The van der Waals surface area contributed by atoms with Gasteiger partial charge in [-0.15, -0.1) is 0 Å². The van der Waals surface area contributed by atoms with Gasteiger partial charge in [0.2, 0.25) is 0 Å². The Balaban J connectivity index is 2.31. The molecule has 1 saturated heterocycles. The van der Waals surface area contributed by atoms with Gasteiger partial charge in [0.1, 0.15) is 0 Å². The van der Waals surface area contributed by atoms with Crippen molar-refractivity contribution in [2.24, 2.45) is 10.7 Å². The summed E-state index contributed by atoms with van der Waals surface area (Å²) >= 11 is 12.5. The first-order valence-electron chi connectivity index (χ1n) is 8.10. The van der Waals surface area contributed by atoms with Gasteiger partial charge in [-0.1, -0.05) is 29.3 Å². The third kappa shape index (κ3) is 4.31. The van der Waals surface area contributed by atoms with E-state index in [-0.39, 0.29) is 5.41 Å². The lowest BCUT2D eigenvalue weighted by atomic mass is 9.74. The van der Waals surface area contributed by atoms with E-state index in [1.165, 1.54) is 0 Å². The van der Waals surface area contributed by atoms with E-state index < -0.39 is 0 Å². The van der Waals surface area contributed by atoms with Crippen LogP contribution in [0.1, 0.15) is 32.3 Å². The van der Waals surface area contributed by atoms with Gasteiger partial charge in [0.25, 0.3) is 0 Å². The summed E-state index contributed by atoms with van der Waals surface area (Å²) in [6.45, 7) is 7.88. The maximum atomic E-state index is 6.47. The van der Waals surface area contributed by atoms with E-state index in [1.807, 2.05) is 12.1 Å². The van der Waals surface area contributed by atoms with Crippen LogP contribution in [0.15, 0.2) is 23.2 Å². The molecule has 23 heavy (non-hydrogen) atoms. The zero-order valence-corrected chi connectivity index (χ0v) is 15.3. The highest BCUT2D eigenvalue weighted by molar-refractivity contribution is 6.35. The smallest absolute Gasteiger partial charge is 0.191 e. The van der Waals surface area contributed by atoms with Crippen LogP contribution in [-0.4, -0.2) is 43.7 Å². The Labute approximate surface area is 148 Å². The molecule has 128 valence electrons. The standard InChI is InChI=1S/C17H25Cl2N3O/c1-3-22(4-2)16(20)21-12-17(7-9-23-10-8-17)14-6-5-13(18)11-15(14)19/h5-6,11H,3-4,7-10,12H2,1-2H3,(H2,20,21). The molecule has 1 aliphatic rings. The average molecular weight is 358 g/mol. The Bertz CT molecular complexity index is 553. The summed E-state index contributed by atoms with van der Waals surface area (Å²) in [6, 6.07) is 5.70. The van der Waals surface area contributed by atoms with E-state index in [2.05, 4.69) is 23.7 Å². The van der Waals surface area contributed by atoms with Crippen LogP contribution in [0, 0.1) is 0 Å². The largest absolute Gasteiger partial charge is 0.381 e. The van der Waals surface area contributed by atoms with Gasteiger partial charge in [0.15, 0.2) is 5.96 Å². The van der Waals surface area contributed by atoms with Crippen LogP contribution in [0.25, 0.3) is 0 Å². The molecule has 1 fully saturated rings. The van der Waals surface area contributed by atoms with Crippen molar-refractivity contribution in [3.63, 3.8) is 0 Å². The van der Waals surface area contributed by atoms with E-state index in [4.69, 9.17) is 33.7 Å². The van der Waals surface area contributed by atoms with Crippen LogP contribution in [0.4, 0.5) is 0 Å². The number of halogens is 2. The van der Waals surface area contributed by atoms with Gasteiger partial charge in [-0.05, 0) is 44.4 Å². The number of guanidine groups is 1. The number of hydrogen-bond donors (Lipinski definition) is 1. The molecule has 0 aromatic heterocycles. The summed E-state index contributed by atoms with van der Waals surface area (Å²) in [7, 11) is 0. The lowest BCUT2D eigenvalue weighted by molar-refractivity contribution is 0.0531. The third-order valence-corrected chi connectivity index (χ3v) is 5.13. The van der Waals surface area contributed by atoms with E-state index in [0.717, 1.165) is 31.5 Å². The second-order valence-electron chi connectivity index (χ2n) is 5.86. The molecule has 0 amide bonds. The lowest BCUT2D eigenvalue weighted by Crippen LogP contribution is -2.41. The summed E-state index contributed by atoms with van der Waals surface area (Å²) in [5.41, 5.74) is 7.09. The number of ether oxygens (including phenoxy) is 1. The summed E-state index contributed by atoms with van der Waals surface area (Å²) in [4.78, 5) is 6.73. The molecule has 1 aromatic carbocycles. The average Bonchev–Trinajstić information content (AvgIpc) is 2.55. The van der Waals surface area contributed by atoms with Crippen molar-refractivity contribution in [2.45, 2.75) is 32.1 Å². The quantitative estimate of drug-likeness (QED) is 0.645. The maximum Gasteiger partial charge on any atom is 0.191 e. The number of nitrogens with zero attached hydrogens (tertiary/aromatic N) is 2. The Hall–Kier alpha value is -0.970. The fourth-order valence-electron chi connectivity index (χ4n) is 3.07. The van der Waals surface area contributed by atoms with E-state index in [0.29, 0.717) is 35.8 Å². The molecular formula is C17H25Cl2N3O. The second kappa shape index (κ2) is 8.22. The van der Waals surface area contributed by atoms with Gasteiger partial charge >= 0.3 is 0 Å². The van der Waals surface area contributed by atoms with Gasteiger partial charge in [-0.25, -0.2) is 0 Å². The van der Waals surface area contributed by atoms with E-state index in [9.17, 15) is 0 Å². The molecule has 1 aliphatic heterocycles. The minimum Gasteiger partial charge on any atom is -0.381 e. The highest BCUT2D eigenvalue weighted by atomic mass is 35.5. The Morgan fingerprint density at radius 3 is 2.48 bits per heavy atom.